The molecule has 2 N–H and O–H groups in total. The van der Waals surface area contributed by atoms with Crippen LogP contribution in [-0.2, 0) is 0 Å². The molecule has 1 aliphatic carbocycles. The van der Waals surface area contributed by atoms with E-state index in [1.54, 1.807) is 7.11 Å². The van der Waals surface area contributed by atoms with E-state index in [-0.39, 0.29) is 5.95 Å². The molecule has 0 amide bonds. The summed E-state index contributed by atoms with van der Waals surface area (Å²) in [5.41, 5.74) is 5.62. The lowest BCUT2D eigenvalue weighted by atomic mass is 10.4. The predicted octanol–water partition coefficient (Wildman–Crippen LogP) is 1.06. The van der Waals surface area contributed by atoms with Gasteiger partial charge in [-0.3, -0.25) is 0 Å². The quantitative estimate of drug-likeness (QED) is 0.801. The number of nitrogens with zero attached hydrogens (tertiary/aromatic N) is 3. The van der Waals surface area contributed by atoms with Gasteiger partial charge in [0.15, 0.2) is 0 Å². The van der Waals surface area contributed by atoms with Gasteiger partial charge in [-0.2, -0.15) is 9.97 Å². The summed E-state index contributed by atoms with van der Waals surface area (Å²) in [5.74, 6) is 1.66. The van der Waals surface area contributed by atoms with Gasteiger partial charge in [-0.15, -0.1) is 0 Å². The molecule has 1 aromatic rings. The molecule has 0 unspecified atom stereocenters. The molecule has 5 nitrogen and oxygen atoms in total. The van der Waals surface area contributed by atoms with Crippen molar-refractivity contribution in [2.45, 2.75) is 25.8 Å². The van der Waals surface area contributed by atoms with E-state index in [1.165, 1.54) is 12.8 Å². The average Bonchev–Trinajstić information content (AvgIpc) is 3.02. The molecule has 1 fully saturated rings. The lowest BCUT2D eigenvalue weighted by Crippen LogP contribution is -2.26. The van der Waals surface area contributed by atoms with E-state index in [0.29, 0.717) is 11.9 Å². The average molecular weight is 208 g/mol. The van der Waals surface area contributed by atoms with Crippen molar-refractivity contribution in [2.24, 2.45) is 0 Å². The van der Waals surface area contributed by atoms with Crippen LogP contribution >= 0.6 is 0 Å². The van der Waals surface area contributed by atoms with Crippen molar-refractivity contribution in [1.82, 2.24) is 9.97 Å². The van der Waals surface area contributed by atoms with E-state index in [4.69, 9.17) is 10.5 Å². The third kappa shape index (κ3) is 2.11. The first-order chi connectivity index (χ1) is 7.24. The van der Waals surface area contributed by atoms with E-state index in [0.717, 1.165) is 12.4 Å². The van der Waals surface area contributed by atoms with Crippen molar-refractivity contribution in [3.8, 4) is 5.88 Å². The zero-order valence-electron chi connectivity index (χ0n) is 9.10. The number of aromatic nitrogens is 2. The van der Waals surface area contributed by atoms with Gasteiger partial charge in [-0.25, -0.2) is 0 Å². The highest BCUT2D eigenvalue weighted by atomic mass is 16.5. The number of rotatable bonds is 4. The van der Waals surface area contributed by atoms with Gasteiger partial charge in [0.25, 0.3) is 0 Å². The van der Waals surface area contributed by atoms with Crippen molar-refractivity contribution < 1.29 is 4.74 Å². The molecular weight excluding hydrogens is 192 g/mol. The Labute approximate surface area is 89.3 Å². The maximum absolute atomic E-state index is 5.62. The van der Waals surface area contributed by atoms with Crippen molar-refractivity contribution in [1.29, 1.82) is 0 Å². The van der Waals surface area contributed by atoms with Crippen LogP contribution in [0.15, 0.2) is 6.07 Å². The van der Waals surface area contributed by atoms with Gasteiger partial charge >= 0.3 is 0 Å². The minimum absolute atomic E-state index is 0.267. The normalized spacial score (nSPS) is 15.1. The monoisotopic (exact) mass is 208 g/mol. The number of hydrogen-bond donors (Lipinski definition) is 1. The minimum Gasteiger partial charge on any atom is -0.481 e. The molecular formula is C10H16N4O. The van der Waals surface area contributed by atoms with E-state index in [1.807, 2.05) is 6.07 Å². The first kappa shape index (κ1) is 10.0. The van der Waals surface area contributed by atoms with Gasteiger partial charge in [-0.05, 0) is 19.8 Å². The molecule has 1 saturated carbocycles. The van der Waals surface area contributed by atoms with Gasteiger partial charge in [0.05, 0.1) is 7.11 Å². The Morgan fingerprint density at radius 1 is 1.53 bits per heavy atom. The Kier molecular flexibility index (Phi) is 2.62. The summed E-state index contributed by atoms with van der Waals surface area (Å²) >= 11 is 0. The zero-order valence-corrected chi connectivity index (χ0v) is 9.10. The number of nitrogens with two attached hydrogens (primary N) is 1. The Bertz CT molecular complexity index is 351. The zero-order chi connectivity index (χ0) is 10.8. The number of anilines is 2. The number of ether oxygens (including phenoxy) is 1. The first-order valence-electron chi connectivity index (χ1n) is 5.19. The molecule has 15 heavy (non-hydrogen) atoms. The smallest absolute Gasteiger partial charge is 0.225 e. The third-order valence-corrected chi connectivity index (χ3v) is 2.54. The molecule has 0 radical (unpaired) electrons. The van der Waals surface area contributed by atoms with E-state index >= 15 is 0 Å². The molecule has 82 valence electrons. The fraction of sp³-hybridized carbons (Fsp3) is 0.600. The highest BCUT2D eigenvalue weighted by molar-refractivity contribution is 5.47. The molecule has 0 spiro atoms. The molecule has 1 aliphatic rings. The standard InChI is InChI=1S/C10H16N4O/c1-3-14(7-4-5-7)8-6-9(15-2)13-10(11)12-8/h6-7H,3-5H2,1-2H3,(H2,11,12,13). The first-order valence-corrected chi connectivity index (χ1v) is 5.19. The van der Waals surface area contributed by atoms with Gasteiger partial charge in [0.1, 0.15) is 5.82 Å². The highest BCUT2D eigenvalue weighted by Crippen LogP contribution is 2.31. The summed E-state index contributed by atoms with van der Waals surface area (Å²) < 4.78 is 5.07. The molecule has 1 aromatic heterocycles. The predicted molar refractivity (Wildman–Crippen MR) is 59.0 cm³/mol. The minimum atomic E-state index is 0.267. The molecule has 1 heterocycles. The van der Waals surface area contributed by atoms with E-state index in [2.05, 4.69) is 21.8 Å². The Hall–Kier alpha value is -1.52. The number of methoxy groups -OCH3 is 1. The Morgan fingerprint density at radius 2 is 2.27 bits per heavy atom. The van der Waals surface area contributed by atoms with Crippen LogP contribution < -0.4 is 15.4 Å². The van der Waals surface area contributed by atoms with Crippen LogP contribution in [0.2, 0.25) is 0 Å². The summed E-state index contributed by atoms with van der Waals surface area (Å²) in [7, 11) is 1.58. The van der Waals surface area contributed by atoms with Crippen LogP contribution in [0.25, 0.3) is 0 Å². The van der Waals surface area contributed by atoms with Crippen molar-refractivity contribution in [3.63, 3.8) is 0 Å². The highest BCUT2D eigenvalue weighted by Gasteiger charge is 2.29. The van der Waals surface area contributed by atoms with Crippen LogP contribution in [0.1, 0.15) is 19.8 Å². The largest absolute Gasteiger partial charge is 0.481 e. The molecule has 5 heteroatoms. The SMILES string of the molecule is CCN(c1cc(OC)nc(N)n1)C1CC1. The molecule has 0 bridgehead atoms. The second-order valence-electron chi connectivity index (χ2n) is 3.64. The van der Waals surface area contributed by atoms with Crippen LogP contribution in [0.5, 0.6) is 5.88 Å². The maximum Gasteiger partial charge on any atom is 0.225 e. The van der Waals surface area contributed by atoms with Gasteiger partial charge in [0.2, 0.25) is 11.8 Å². The van der Waals surface area contributed by atoms with Crippen molar-refractivity contribution in [2.75, 3.05) is 24.3 Å². The van der Waals surface area contributed by atoms with Crippen LogP contribution in [-0.4, -0.2) is 29.7 Å². The van der Waals surface area contributed by atoms with Crippen LogP contribution in [0, 0.1) is 0 Å². The summed E-state index contributed by atoms with van der Waals surface area (Å²) in [6.45, 7) is 3.05. The molecule has 0 aliphatic heterocycles. The second kappa shape index (κ2) is 3.92. The fourth-order valence-corrected chi connectivity index (χ4v) is 1.68. The topological polar surface area (TPSA) is 64.3 Å². The second-order valence-corrected chi connectivity index (χ2v) is 3.64. The van der Waals surface area contributed by atoms with Crippen LogP contribution in [0.4, 0.5) is 11.8 Å². The molecule has 0 saturated heterocycles. The lowest BCUT2D eigenvalue weighted by molar-refractivity contribution is 0.397. The Balaban J connectivity index is 2.28. The van der Waals surface area contributed by atoms with Crippen molar-refractivity contribution >= 4 is 11.8 Å². The lowest BCUT2D eigenvalue weighted by Gasteiger charge is -2.21. The molecule has 0 atom stereocenters. The van der Waals surface area contributed by atoms with Crippen molar-refractivity contribution in [3.05, 3.63) is 6.07 Å². The summed E-state index contributed by atoms with van der Waals surface area (Å²) in [4.78, 5) is 10.4. The van der Waals surface area contributed by atoms with Gasteiger partial charge in [0, 0.05) is 18.7 Å². The molecule has 2 rings (SSSR count). The summed E-state index contributed by atoms with van der Waals surface area (Å²) in [6, 6.07) is 2.45. The van der Waals surface area contributed by atoms with E-state index in [9.17, 15) is 0 Å². The number of hydrogen-bond acceptors (Lipinski definition) is 5. The van der Waals surface area contributed by atoms with E-state index < -0.39 is 0 Å². The van der Waals surface area contributed by atoms with Gasteiger partial charge in [-0.1, -0.05) is 0 Å². The van der Waals surface area contributed by atoms with Gasteiger partial charge < -0.3 is 15.4 Å². The maximum atomic E-state index is 5.62. The fourth-order valence-electron chi connectivity index (χ4n) is 1.68. The number of nitrogen functional groups attached to an aromatic ring is 1. The summed E-state index contributed by atoms with van der Waals surface area (Å²) in [6.07, 6.45) is 2.47. The molecule has 0 aromatic carbocycles. The van der Waals surface area contributed by atoms with Crippen LogP contribution in [0.3, 0.4) is 0 Å². The summed E-state index contributed by atoms with van der Waals surface area (Å²) in [5, 5.41) is 0. The Morgan fingerprint density at radius 3 is 2.80 bits per heavy atom. The third-order valence-electron chi connectivity index (χ3n) is 2.54.